The Morgan fingerprint density at radius 3 is 2.35 bits per heavy atom. The molecule has 1 N–H and O–H groups in total. The van der Waals surface area contributed by atoms with Crippen molar-refractivity contribution in [1.82, 2.24) is 4.57 Å². The van der Waals surface area contributed by atoms with Crippen molar-refractivity contribution in [3.05, 3.63) is 52.3 Å². The van der Waals surface area contributed by atoms with E-state index in [9.17, 15) is 26.7 Å². The molecule has 0 saturated carbocycles. The molecule has 1 aliphatic rings. The molecule has 2 aromatic rings. The highest BCUT2D eigenvalue weighted by Gasteiger charge is 2.42. The lowest BCUT2D eigenvalue weighted by Gasteiger charge is -2.24. The molecule has 0 spiro atoms. The molecule has 1 atom stereocenters. The zero-order valence-electron chi connectivity index (χ0n) is 17.1. The summed E-state index contributed by atoms with van der Waals surface area (Å²) in [6.07, 6.45) is 1.57. The van der Waals surface area contributed by atoms with E-state index in [2.05, 4.69) is 0 Å². The molecule has 0 fully saturated rings. The van der Waals surface area contributed by atoms with Crippen LogP contribution in [0.15, 0.2) is 40.1 Å². The van der Waals surface area contributed by atoms with Crippen LogP contribution in [0.4, 0.5) is 0 Å². The second-order valence-electron chi connectivity index (χ2n) is 7.06. The zero-order valence-corrected chi connectivity index (χ0v) is 19.5. The van der Waals surface area contributed by atoms with Crippen molar-refractivity contribution in [2.24, 2.45) is 0 Å². The predicted octanol–water partition coefficient (Wildman–Crippen LogP) is 3.23. The molecule has 11 heteroatoms. The largest absolute Gasteiger partial charge is 0.495 e. The second kappa shape index (κ2) is 8.33. The summed E-state index contributed by atoms with van der Waals surface area (Å²) in [7, 11) is -6.55. The quantitative estimate of drug-likeness (QED) is 0.636. The van der Waals surface area contributed by atoms with Crippen LogP contribution in [0.5, 0.6) is 0 Å². The number of nitrogens with zero attached hydrogens (tertiary/aromatic N) is 1. The molecule has 8 nitrogen and oxygen atoms in total. The van der Waals surface area contributed by atoms with Gasteiger partial charge in [0.2, 0.25) is 9.84 Å². The van der Waals surface area contributed by atoms with Crippen LogP contribution < -0.4 is 0 Å². The Balaban J connectivity index is 2.45. The number of halogens is 1. The third-order valence-electron chi connectivity index (χ3n) is 5.32. The maximum Gasteiger partial charge on any atom is 0.323 e. The molecular weight excluding hydrogens is 466 g/mol. The highest BCUT2D eigenvalue weighted by Crippen LogP contribution is 2.46. The van der Waals surface area contributed by atoms with Gasteiger partial charge in [-0.1, -0.05) is 18.5 Å². The van der Waals surface area contributed by atoms with Gasteiger partial charge in [-0.05, 0) is 43.7 Å². The monoisotopic (exact) mass is 487 g/mol. The average molecular weight is 488 g/mol. The Labute approximate surface area is 185 Å². The highest BCUT2D eigenvalue weighted by atomic mass is 35.5. The molecule has 0 saturated heterocycles. The van der Waals surface area contributed by atoms with E-state index in [-0.39, 0.29) is 44.7 Å². The van der Waals surface area contributed by atoms with Crippen LogP contribution in [0.1, 0.15) is 35.5 Å². The first-order chi connectivity index (χ1) is 14.5. The molecule has 1 aromatic carbocycles. The summed E-state index contributed by atoms with van der Waals surface area (Å²) < 4.78 is 59.7. The average Bonchev–Trinajstić information content (AvgIpc) is 3.00. The minimum Gasteiger partial charge on any atom is -0.495 e. The number of aromatic nitrogens is 1. The third kappa shape index (κ3) is 3.99. The molecule has 1 aliphatic carbocycles. The first kappa shape index (κ1) is 23.4. The van der Waals surface area contributed by atoms with Crippen LogP contribution in [0.2, 0.25) is 5.02 Å². The first-order valence-electron chi connectivity index (χ1n) is 9.37. The third-order valence-corrected chi connectivity index (χ3v) is 9.62. The summed E-state index contributed by atoms with van der Waals surface area (Å²) in [5, 5.41) is 8.62. The number of hydrogen-bond acceptors (Lipinski definition) is 6. The fourth-order valence-corrected chi connectivity index (χ4v) is 7.18. The van der Waals surface area contributed by atoms with Crippen molar-refractivity contribution in [2.45, 2.75) is 41.9 Å². The Morgan fingerprint density at radius 1 is 1.23 bits per heavy atom. The van der Waals surface area contributed by atoms with Crippen LogP contribution in [-0.2, 0) is 35.8 Å². The van der Waals surface area contributed by atoms with Crippen molar-refractivity contribution in [2.75, 3.05) is 12.9 Å². The summed E-state index contributed by atoms with van der Waals surface area (Å²) in [5.41, 5.74) is 0.335. The van der Waals surface area contributed by atoms with E-state index in [1.807, 2.05) is 0 Å². The van der Waals surface area contributed by atoms with Crippen LogP contribution in [0.25, 0.3) is 5.76 Å². The van der Waals surface area contributed by atoms with Crippen molar-refractivity contribution in [1.29, 1.82) is 0 Å². The number of hydrogen-bond donors (Lipinski definition) is 1. The smallest absolute Gasteiger partial charge is 0.323 e. The van der Waals surface area contributed by atoms with E-state index in [4.69, 9.17) is 16.3 Å². The van der Waals surface area contributed by atoms with E-state index in [0.717, 1.165) is 0 Å². The number of rotatable bonds is 7. The summed E-state index contributed by atoms with van der Waals surface area (Å²) in [5.74, 6) is -1.16. The number of allylic oxidation sites excluding steroid dienone is 1. The number of aliphatic carboxylic acids is 1. The lowest BCUT2D eigenvalue weighted by molar-refractivity contribution is -0.137. The lowest BCUT2D eigenvalue weighted by atomic mass is 10.0. The number of sulfone groups is 2. The molecule has 1 aromatic heterocycles. The zero-order chi connectivity index (χ0) is 23.1. The lowest BCUT2D eigenvalue weighted by Crippen LogP contribution is -2.22. The second-order valence-corrected chi connectivity index (χ2v) is 11.9. The molecule has 1 heterocycles. The maximum atomic E-state index is 13.6. The van der Waals surface area contributed by atoms with Crippen molar-refractivity contribution in [3.8, 4) is 0 Å². The molecular formula is C20H22ClNO7S2. The van der Waals surface area contributed by atoms with E-state index in [0.29, 0.717) is 5.02 Å². The van der Waals surface area contributed by atoms with Gasteiger partial charge in [0.15, 0.2) is 9.84 Å². The molecule has 0 radical (unpaired) electrons. The first-order valence-corrected chi connectivity index (χ1v) is 12.9. The summed E-state index contributed by atoms with van der Waals surface area (Å²) in [6.45, 7) is 2.40. The van der Waals surface area contributed by atoms with Gasteiger partial charge in [-0.2, -0.15) is 0 Å². The number of benzene rings is 1. The van der Waals surface area contributed by atoms with E-state index in [1.54, 1.807) is 6.08 Å². The highest BCUT2D eigenvalue weighted by molar-refractivity contribution is 7.92. The molecule has 31 heavy (non-hydrogen) atoms. The minimum atomic E-state index is -4.20. The van der Waals surface area contributed by atoms with Gasteiger partial charge >= 0.3 is 5.97 Å². The minimum absolute atomic E-state index is 0.0199. The Morgan fingerprint density at radius 2 is 1.84 bits per heavy atom. The SMILES string of the molecule is CCS(=O)(=O)C1CC=C(OC)c2c1c(S(=O)(=O)c1ccc(Cl)cc1)c(C)n2CC(=O)O. The van der Waals surface area contributed by atoms with Gasteiger partial charge in [0, 0.05) is 22.0 Å². The van der Waals surface area contributed by atoms with E-state index >= 15 is 0 Å². The predicted molar refractivity (Wildman–Crippen MR) is 116 cm³/mol. The Bertz CT molecular complexity index is 1270. The normalized spacial score (nSPS) is 16.5. The van der Waals surface area contributed by atoms with Crippen LogP contribution >= 0.6 is 11.6 Å². The van der Waals surface area contributed by atoms with Crippen molar-refractivity contribution >= 4 is 43.0 Å². The van der Waals surface area contributed by atoms with Gasteiger partial charge in [0.25, 0.3) is 0 Å². The molecule has 0 amide bonds. The fraction of sp³-hybridized carbons (Fsp3) is 0.350. The Hall–Kier alpha value is -2.30. The van der Waals surface area contributed by atoms with Gasteiger partial charge in [-0.3, -0.25) is 4.79 Å². The number of carbonyl (C=O) groups is 1. The fourth-order valence-electron chi connectivity index (χ4n) is 3.84. The summed E-state index contributed by atoms with van der Waals surface area (Å²) >= 11 is 5.89. The number of fused-ring (bicyclic) bond motifs is 1. The molecule has 0 bridgehead atoms. The number of methoxy groups -OCH3 is 1. The van der Waals surface area contributed by atoms with Crippen LogP contribution in [0, 0.1) is 6.92 Å². The van der Waals surface area contributed by atoms with Crippen LogP contribution in [0.3, 0.4) is 0 Å². The Kier molecular flexibility index (Phi) is 6.28. The topological polar surface area (TPSA) is 120 Å². The van der Waals surface area contributed by atoms with E-state index in [1.165, 1.54) is 49.8 Å². The maximum absolute atomic E-state index is 13.6. The van der Waals surface area contributed by atoms with Gasteiger partial charge in [-0.25, -0.2) is 16.8 Å². The number of ether oxygens (including phenoxy) is 1. The van der Waals surface area contributed by atoms with Gasteiger partial charge < -0.3 is 14.4 Å². The van der Waals surface area contributed by atoms with Gasteiger partial charge in [0.05, 0.1) is 27.8 Å². The van der Waals surface area contributed by atoms with Crippen molar-refractivity contribution < 1.29 is 31.5 Å². The molecule has 1 unspecified atom stereocenters. The van der Waals surface area contributed by atoms with Gasteiger partial charge in [-0.15, -0.1) is 0 Å². The van der Waals surface area contributed by atoms with Crippen molar-refractivity contribution in [3.63, 3.8) is 0 Å². The summed E-state index contributed by atoms with van der Waals surface area (Å²) in [4.78, 5) is 11.3. The van der Waals surface area contributed by atoms with E-state index < -0.39 is 37.4 Å². The van der Waals surface area contributed by atoms with Gasteiger partial charge in [0.1, 0.15) is 12.3 Å². The number of carboxylic acids is 1. The molecule has 0 aliphatic heterocycles. The van der Waals surface area contributed by atoms with Crippen LogP contribution in [-0.4, -0.2) is 45.3 Å². The standard InChI is InChI=1S/C20H22ClNO7S2/c1-4-30(25,26)16-10-9-15(29-3)19-18(16)20(12(2)22(19)11-17(23)24)31(27,28)14-7-5-13(21)6-8-14/h5-9,16H,4,10-11H2,1-3H3,(H,23,24). The summed E-state index contributed by atoms with van der Waals surface area (Å²) in [6, 6.07) is 5.50. The molecule has 168 valence electrons. The molecule has 3 rings (SSSR count). The number of carboxylic acid groups (broad SMARTS) is 1.